The van der Waals surface area contributed by atoms with Gasteiger partial charge in [0.15, 0.2) is 5.82 Å². The standard InChI is InChI=1S/C17H18N6O2/c1-11-8-19-14-3-2-12(10-23(11)14)15-17(22-4-6-25-7-5-22)20-9-13(21-15)16(18)24/h2-3,8-10H,4-7H2,1H3,(H2,18,24). The first-order valence-corrected chi connectivity index (χ1v) is 8.07. The number of nitrogens with two attached hydrogens (primary N) is 1. The van der Waals surface area contributed by atoms with Gasteiger partial charge in [-0.2, -0.15) is 0 Å². The monoisotopic (exact) mass is 338 g/mol. The molecule has 0 spiro atoms. The van der Waals surface area contributed by atoms with Gasteiger partial charge in [0.25, 0.3) is 5.91 Å². The minimum absolute atomic E-state index is 0.148. The van der Waals surface area contributed by atoms with Crippen LogP contribution in [0, 0.1) is 6.92 Å². The molecule has 8 heteroatoms. The van der Waals surface area contributed by atoms with E-state index in [1.165, 1.54) is 6.20 Å². The lowest BCUT2D eigenvalue weighted by Crippen LogP contribution is -2.37. The van der Waals surface area contributed by atoms with Gasteiger partial charge >= 0.3 is 0 Å². The van der Waals surface area contributed by atoms with Crippen molar-refractivity contribution in [3.8, 4) is 11.3 Å². The molecule has 4 heterocycles. The van der Waals surface area contributed by atoms with Crippen LogP contribution >= 0.6 is 0 Å². The van der Waals surface area contributed by atoms with Crippen LogP contribution in [0.1, 0.15) is 16.2 Å². The molecule has 128 valence electrons. The van der Waals surface area contributed by atoms with Crippen molar-refractivity contribution in [2.75, 3.05) is 31.2 Å². The normalized spacial score (nSPS) is 14.8. The summed E-state index contributed by atoms with van der Waals surface area (Å²) < 4.78 is 7.40. The zero-order valence-electron chi connectivity index (χ0n) is 13.8. The fraction of sp³-hybridized carbons (Fsp3) is 0.294. The first-order chi connectivity index (χ1) is 12.1. The van der Waals surface area contributed by atoms with Crippen LogP contribution in [0.5, 0.6) is 0 Å². The number of primary amides is 1. The molecule has 1 amide bonds. The van der Waals surface area contributed by atoms with Crippen LogP contribution < -0.4 is 10.6 Å². The smallest absolute Gasteiger partial charge is 0.268 e. The molecule has 4 rings (SSSR count). The van der Waals surface area contributed by atoms with Crippen LogP contribution in [0.4, 0.5) is 5.82 Å². The van der Waals surface area contributed by atoms with Gasteiger partial charge in [0.1, 0.15) is 17.0 Å². The number of pyridine rings is 1. The minimum Gasteiger partial charge on any atom is -0.378 e. The average molecular weight is 338 g/mol. The summed E-state index contributed by atoms with van der Waals surface area (Å²) in [6, 6.07) is 3.85. The van der Waals surface area contributed by atoms with Crippen LogP contribution in [0.15, 0.2) is 30.7 Å². The van der Waals surface area contributed by atoms with Gasteiger partial charge in [-0.3, -0.25) is 4.79 Å². The molecule has 1 aliphatic heterocycles. The van der Waals surface area contributed by atoms with Gasteiger partial charge in [0.05, 0.1) is 19.4 Å². The number of carbonyl (C=O) groups excluding carboxylic acids is 1. The van der Waals surface area contributed by atoms with Crippen LogP contribution in [0.3, 0.4) is 0 Å². The highest BCUT2D eigenvalue weighted by atomic mass is 16.5. The number of hydrogen-bond donors (Lipinski definition) is 1. The van der Waals surface area contributed by atoms with Crippen molar-refractivity contribution in [1.82, 2.24) is 19.4 Å². The second kappa shape index (κ2) is 6.14. The molecule has 0 radical (unpaired) electrons. The Hall–Kier alpha value is -3.00. The predicted octanol–water partition coefficient (Wildman–Crippen LogP) is 1.04. The number of imidazole rings is 1. The predicted molar refractivity (Wildman–Crippen MR) is 92.5 cm³/mol. The second-order valence-corrected chi connectivity index (χ2v) is 5.94. The van der Waals surface area contributed by atoms with Crippen molar-refractivity contribution in [1.29, 1.82) is 0 Å². The molecule has 3 aromatic heterocycles. The van der Waals surface area contributed by atoms with E-state index >= 15 is 0 Å². The maximum atomic E-state index is 11.6. The minimum atomic E-state index is -0.595. The largest absolute Gasteiger partial charge is 0.378 e. The number of carbonyl (C=O) groups is 1. The summed E-state index contributed by atoms with van der Waals surface area (Å²) in [6.07, 6.45) is 5.20. The lowest BCUT2D eigenvalue weighted by Gasteiger charge is -2.29. The zero-order chi connectivity index (χ0) is 17.4. The summed E-state index contributed by atoms with van der Waals surface area (Å²) in [5.41, 5.74) is 8.90. The number of rotatable bonds is 3. The van der Waals surface area contributed by atoms with Crippen molar-refractivity contribution in [3.63, 3.8) is 0 Å². The van der Waals surface area contributed by atoms with Crippen LogP contribution in [-0.4, -0.2) is 51.6 Å². The zero-order valence-corrected chi connectivity index (χ0v) is 13.8. The number of aromatic nitrogens is 4. The van der Waals surface area contributed by atoms with E-state index in [1.807, 2.05) is 35.9 Å². The van der Waals surface area contributed by atoms with Crippen molar-refractivity contribution in [2.24, 2.45) is 5.73 Å². The molecule has 2 N–H and O–H groups in total. The van der Waals surface area contributed by atoms with E-state index in [4.69, 9.17) is 10.5 Å². The number of hydrogen-bond acceptors (Lipinski definition) is 6. The van der Waals surface area contributed by atoms with Gasteiger partial charge in [0, 0.05) is 36.7 Å². The van der Waals surface area contributed by atoms with E-state index in [2.05, 4.69) is 19.9 Å². The van der Waals surface area contributed by atoms with Crippen molar-refractivity contribution < 1.29 is 9.53 Å². The molecule has 0 aromatic carbocycles. The van der Waals surface area contributed by atoms with Gasteiger partial charge in [-0.15, -0.1) is 0 Å². The maximum Gasteiger partial charge on any atom is 0.268 e. The molecular formula is C17H18N6O2. The summed E-state index contributed by atoms with van der Waals surface area (Å²) in [6.45, 7) is 4.71. The summed E-state index contributed by atoms with van der Waals surface area (Å²) in [7, 11) is 0. The van der Waals surface area contributed by atoms with Crippen molar-refractivity contribution in [2.45, 2.75) is 6.92 Å². The van der Waals surface area contributed by atoms with Gasteiger partial charge in [-0.05, 0) is 19.1 Å². The fourth-order valence-corrected chi connectivity index (χ4v) is 2.94. The Morgan fingerprint density at radius 2 is 2.00 bits per heavy atom. The summed E-state index contributed by atoms with van der Waals surface area (Å²) in [5.74, 6) is 0.132. The molecule has 25 heavy (non-hydrogen) atoms. The van der Waals surface area contributed by atoms with Crippen LogP contribution in [0.25, 0.3) is 16.9 Å². The number of ether oxygens (including phenoxy) is 1. The molecule has 3 aromatic rings. The lowest BCUT2D eigenvalue weighted by atomic mass is 10.1. The number of amides is 1. The van der Waals surface area contributed by atoms with Crippen molar-refractivity contribution >= 4 is 17.4 Å². The Bertz CT molecular complexity index is 945. The van der Waals surface area contributed by atoms with E-state index in [0.29, 0.717) is 18.9 Å². The molecule has 0 saturated carbocycles. The van der Waals surface area contributed by atoms with E-state index in [1.54, 1.807) is 0 Å². The first kappa shape index (κ1) is 15.5. The summed E-state index contributed by atoms with van der Waals surface area (Å²) >= 11 is 0. The summed E-state index contributed by atoms with van der Waals surface area (Å²) in [4.78, 5) is 27.0. The van der Waals surface area contributed by atoms with E-state index in [0.717, 1.165) is 35.8 Å². The molecule has 0 bridgehead atoms. The molecule has 1 aliphatic rings. The topological polar surface area (TPSA) is 98.6 Å². The number of anilines is 1. The third-order valence-corrected chi connectivity index (χ3v) is 4.28. The second-order valence-electron chi connectivity index (χ2n) is 5.94. The summed E-state index contributed by atoms with van der Waals surface area (Å²) in [5, 5.41) is 0. The average Bonchev–Trinajstić information content (AvgIpc) is 3.02. The number of aryl methyl sites for hydroxylation is 1. The quantitative estimate of drug-likeness (QED) is 0.766. The molecular weight excluding hydrogens is 320 g/mol. The highest BCUT2D eigenvalue weighted by Gasteiger charge is 2.20. The molecule has 0 atom stereocenters. The highest BCUT2D eigenvalue weighted by molar-refractivity contribution is 5.91. The Morgan fingerprint density at radius 1 is 1.20 bits per heavy atom. The van der Waals surface area contributed by atoms with Gasteiger partial charge in [-0.25, -0.2) is 15.0 Å². The number of fused-ring (bicyclic) bond motifs is 1. The van der Waals surface area contributed by atoms with E-state index in [9.17, 15) is 4.79 Å². The fourth-order valence-electron chi connectivity index (χ4n) is 2.94. The SMILES string of the molecule is Cc1cnc2ccc(-c3nc(C(N)=O)cnc3N3CCOCC3)cn12. The van der Waals surface area contributed by atoms with E-state index in [-0.39, 0.29) is 5.69 Å². The number of morpholine rings is 1. The Morgan fingerprint density at radius 3 is 2.76 bits per heavy atom. The third kappa shape index (κ3) is 2.80. The van der Waals surface area contributed by atoms with E-state index < -0.39 is 5.91 Å². The molecule has 0 unspecified atom stereocenters. The number of nitrogens with zero attached hydrogens (tertiary/aromatic N) is 5. The Labute approximate surface area is 144 Å². The van der Waals surface area contributed by atoms with Gasteiger partial charge in [-0.1, -0.05) is 0 Å². The van der Waals surface area contributed by atoms with Gasteiger partial charge < -0.3 is 19.8 Å². The van der Waals surface area contributed by atoms with Crippen molar-refractivity contribution in [3.05, 3.63) is 42.1 Å². The molecule has 1 fully saturated rings. The first-order valence-electron chi connectivity index (χ1n) is 8.07. The van der Waals surface area contributed by atoms with Crippen LogP contribution in [0.2, 0.25) is 0 Å². The Kier molecular flexibility index (Phi) is 3.81. The highest BCUT2D eigenvalue weighted by Crippen LogP contribution is 2.28. The Balaban J connectivity index is 1.87. The molecule has 0 aliphatic carbocycles. The molecule has 1 saturated heterocycles. The third-order valence-electron chi connectivity index (χ3n) is 4.28. The lowest BCUT2D eigenvalue weighted by molar-refractivity contribution is 0.0995. The maximum absolute atomic E-state index is 11.6. The van der Waals surface area contributed by atoms with Gasteiger partial charge in [0.2, 0.25) is 0 Å². The van der Waals surface area contributed by atoms with Crippen LogP contribution in [-0.2, 0) is 4.74 Å². The molecule has 8 nitrogen and oxygen atoms in total.